The molecule has 1 aliphatic carbocycles. The van der Waals surface area contributed by atoms with Gasteiger partial charge in [0.25, 0.3) is 0 Å². The van der Waals surface area contributed by atoms with Crippen LogP contribution >= 0.6 is 0 Å². The van der Waals surface area contributed by atoms with E-state index in [2.05, 4.69) is 0 Å². The first-order chi connectivity index (χ1) is 5.79. The number of hydrogen-bond donors (Lipinski definition) is 0. The molecule has 2 heteroatoms. The van der Waals surface area contributed by atoms with E-state index < -0.39 is 0 Å². The van der Waals surface area contributed by atoms with Gasteiger partial charge in [-0.05, 0) is 12.2 Å². The van der Waals surface area contributed by atoms with Crippen LogP contribution in [0.3, 0.4) is 0 Å². The van der Waals surface area contributed by atoms with E-state index in [9.17, 15) is 4.79 Å². The van der Waals surface area contributed by atoms with Crippen LogP contribution in [0.2, 0.25) is 0 Å². The zero-order chi connectivity index (χ0) is 8.81. The van der Waals surface area contributed by atoms with Gasteiger partial charge >= 0.3 is 5.97 Å². The lowest BCUT2D eigenvalue weighted by Crippen LogP contribution is -1.96. The van der Waals surface area contributed by atoms with E-state index in [1.165, 1.54) is 6.92 Å². The van der Waals surface area contributed by atoms with Crippen LogP contribution in [0.4, 0.5) is 0 Å². The van der Waals surface area contributed by atoms with Gasteiger partial charge in [-0.15, -0.1) is 0 Å². The number of carbonyl (C=O) groups excluding carboxylic acids is 1. The number of allylic oxidation sites excluding steroid dienone is 7. The molecule has 0 amide bonds. The van der Waals surface area contributed by atoms with Crippen molar-refractivity contribution < 1.29 is 9.53 Å². The van der Waals surface area contributed by atoms with Crippen LogP contribution < -0.4 is 0 Å². The van der Waals surface area contributed by atoms with Crippen LogP contribution in [0.15, 0.2) is 48.3 Å². The molecular weight excluding hydrogens is 152 g/mol. The highest BCUT2D eigenvalue weighted by atomic mass is 16.5. The molecule has 2 nitrogen and oxygen atoms in total. The fourth-order valence-electron chi connectivity index (χ4n) is 0.783. The minimum absolute atomic E-state index is 0.302. The minimum atomic E-state index is -0.302. The van der Waals surface area contributed by atoms with Crippen molar-refractivity contribution in [3.8, 4) is 0 Å². The lowest BCUT2D eigenvalue weighted by molar-refractivity contribution is -0.136. The van der Waals surface area contributed by atoms with Gasteiger partial charge in [0.05, 0.1) is 0 Å². The molecule has 0 fully saturated rings. The summed E-state index contributed by atoms with van der Waals surface area (Å²) in [6.45, 7) is 1.38. The molecule has 0 atom stereocenters. The highest BCUT2D eigenvalue weighted by molar-refractivity contribution is 5.67. The van der Waals surface area contributed by atoms with Crippen LogP contribution in [-0.2, 0) is 9.53 Å². The van der Waals surface area contributed by atoms with Crippen molar-refractivity contribution in [2.75, 3.05) is 0 Å². The quantitative estimate of drug-likeness (QED) is 0.552. The number of carbonyl (C=O) groups is 1. The van der Waals surface area contributed by atoms with Crippen molar-refractivity contribution in [2.24, 2.45) is 0 Å². The molecule has 0 heterocycles. The van der Waals surface area contributed by atoms with Crippen molar-refractivity contribution in [3.63, 3.8) is 0 Å². The third kappa shape index (κ3) is 3.01. The molecular formula is C10H10O2. The van der Waals surface area contributed by atoms with Crippen LogP contribution in [0.25, 0.3) is 0 Å². The summed E-state index contributed by atoms with van der Waals surface area (Å²) in [4.78, 5) is 10.6. The summed E-state index contributed by atoms with van der Waals surface area (Å²) in [5.41, 5.74) is 0. The molecule has 12 heavy (non-hydrogen) atoms. The Bertz CT molecular complexity index is 280. The Morgan fingerprint density at radius 2 is 1.83 bits per heavy atom. The second-order valence-corrected chi connectivity index (χ2v) is 2.29. The highest BCUT2D eigenvalue weighted by Crippen LogP contribution is 2.03. The number of esters is 1. The maximum atomic E-state index is 10.6. The third-order valence-electron chi connectivity index (χ3n) is 1.23. The summed E-state index contributed by atoms with van der Waals surface area (Å²) < 4.78 is 4.88. The maximum absolute atomic E-state index is 10.6. The fraction of sp³-hybridized carbons (Fsp3) is 0.100. The van der Waals surface area contributed by atoms with Gasteiger partial charge in [-0.3, -0.25) is 4.79 Å². The van der Waals surface area contributed by atoms with Crippen molar-refractivity contribution in [2.45, 2.75) is 6.92 Å². The van der Waals surface area contributed by atoms with Crippen LogP contribution in [0.1, 0.15) is 6.92 Å². The Balaban J connectivity index is 2.69. The minimum Gasteiger partial charge on any atom is -0.427 e. The number of ether oxygens (including phenoxy) is 1. The molecule has 0 aliphatic heterocycles. The summed E-state index contributed by atoms with van der Waals surface area (Å²) in [5.74, 6) is 0.256. The normalized spacial score (nSPS) is 27.2. The summed E-state index contributed by atoms with van der Waals surface area (Å²) in [6, 6.07) is 0. The predicted molar refractivity (Wildman–Crippen MR) is 47.3 cm³/mol. The molecule has 0 N–H and O–H groups in total. The first-order valence-electron chi connectivity index (χ1n) is 3.69. The first-order valence-corrected chi connectivity index (χ1v) is 3.69. The second-order valence-electron chi connectivity index (χ2n) is 2.29. The molecule has 62 valence electrons. The monoisotopic (exact) mass is 162 g/mol. The summed E-state index contributed by atoms with van der Waals surface area (Å²) >= 11 is 0. The molecule has 0 spiro atoms. The SMILES string of the molecule is CC(=O)OC1=C/C=C\C=C/C=C\1. The molecule has 0 radical (unpaired) electrons. The van der Waals surface area contributed by atoms with Gasteiger partial charge in [-0.1, -0.05) is 30.4 Å². The van der Waals surface area contributed by atoms with Gasteiger partial charge < -0.3 is 4.74 Å². The molecule has 0 bridgehead atoms. The van der Waals surface area contributed by atoms with E-state index >= 15 is 0 Å². The van der Waals surface area contributed by atoms with Crippen LogP contribution in [0.5, 0.6) is 0 Å². The van der Waals surface area contributed by atoms with Gasteiger partial charge in [-0.25, -0.2) is 0 Å². The van der Waals surface area contributed by atoms with Crippen LogP contribution in [0, 0.1) is 0 Å². The van der Waals surface area contributed by atoms with Crippen molar-refractivity contribution in [1.29, 1.82) is 0 Å². The van der Waals surface area contributed by atoms with Crippen molar-refractivity contribution in [1.82, 2.24) is 0 Å². The molecule has 0 aromatic carbocycles. The predicted octanol–water partition coefficient (Wildman–Crippen LogP) is 2.12. The number of hydrogen-bond acceptors (Lipinski definition) is 2. The summed E-state index contributed by atoms with van der Waals surface area (Å²) in [7, 11) is 0. The Kier molecular flexibility index (Phi) is 3.08. The largest absolute Gasteiger partial charge is 0.427 e. The molecule has 1 aliphatic rings. The first kappa shape index (κ1) is 8.53. The summed E-state index contributed by atoms with van der Waals surface area (Å²) in [6.07, 6.45) is 12.7. The van der Waals surface area contributed by atoms with E-state index in [1.807, 2.05) is 30.4 Å². The Hall–Kier alpha value is -1.57. The third-order valence-corrected chi connectivity index (χ3v) is 1.23. The zero-order valence-electron chi connectivity index (χ0n) is 6.86. The van der Waals surface area contributed by atoms with Gasteiger partial charge in [0.1, 0.15) is 5.76 Å². The topological polar surface area (TPSA) is 26.3 Å². The number of rotatable bonds is 1. The van der Waals surface area contributed by atoms with E-state index in [1.54, 1.807) is 12.2 Å². The molecule has 0 saturated carbocycles. The fourth-order valence-corrected chi connectivity index (χ4v) is 0.783. The summed E-state index contributed by atoms with van der Waals surface area (Å²) in [5, 5.41) is 0. The molecule has 1 rings (SSSR count). The van der Waals surface area contributed by atoms with Crippen LogP contribution in [-0.4, -0.2) is 5.97 Å². The van der Waals surface area contributed by atoms with Crippen molar-refractivity contribution >= 4 is 5.97 Å². The van der Waals surface area contributed by atoms with E-state index in [-0.39, 0.29) is 5.97 Å². The lowest BCUT2D eigenvalue weighted by Gasteiger charge is -1.99. The maximum Gasteiger partial charge on any atom is 0.308 e. The molecule has 0 unspecified atom stereocenters. The zero-order valence-corrected chi connectivity index (χ0v) is 6.86. The van der Waals surface area contributed by atoms with E-state index in [4.69, 9.17) is 4.74 Å². The van der Waals surface area contributed by atoms with Gasteiger partial charge in [0.2, 0.25) is 0 Å². The Morgan fingerprint density at radius 1 is 1.17 bits per heavy atom. The Morgan fingerprint density at radius 3 is 2.58 bits per heavy atom. The van der Waals surface area contributed by atoms with E-state index in [0.29, 0.717) is 5.76 Å². The van der Waals surface area contributed by atoms with Gasteiger partial charge in [0, 0.05) is 6.92 Å². The van der Waals surface area contributed by atoms with Gasteiger partial charge in [0.15, 0.2) is 0 Å². The standard InChI is InChI=1S/C10H10O2/c1-9(11)12-10-7-5-3-2-4-6-8-10/h2-8H,1H3/b3-2-,4-2?,5-3?,6-4-,7-5-,8-6?,10-7?,10-8+. The second kappa shape index (κ2) is 4.34. The Labute approximate surface area is 71.5 Å². The van der Waals surface area contributed by atoms with Crippen molar-refractivity contribution in [3.05, 3.63) is 48.3 Å². The smallest absolute Gasteiger partial charge is 0.308 e. The highest BCUT2D eigenvalue weighted by Gasteiger charge is 1.95. The average Bonchev–Trinajstić information content (AvgIpc) is 1.93. The molecule has 0 aromatic rings. The van der Waals surface area contributed by atoms with E-state index in [0.717, 1.165) is 0 Å². The lowest BCUT2D eigenvalue weighted by atomic mass is 10.3. The molecule has 0 aromatic heterocycles. The average molecular weight is 162 g/mol. The molecule has 0 saturated heterocycles. The van der Waals surface area contributed by atoms with Gasteiger partial charge in [-0.2, -0.15) is 0 Å².